The molecule has 2 aromatic heterocycles. The number of Topliss-reactive ketones (excluding diaryl/α,β-unsaturated/α-hetero) is 1. The molecule has 1 saturated heterocycles. The fraction of sp³-hybridized carbons (Fsp3) is 0.429. The van der Waals surface area contributed by atoms with Crippen LogP contribution in [0.3, 0.4) is 0 Å². The molecule has 2 amide bonds. The van der Waals surface area contributed by atoms with E-state index in [9.17, 15) is 40.3 Å². The molecule has 13 heteroatoms. The van der Waals surface area contributed by atoms with Gasteiger partial charge in [0.05, 0.1) is 31.0 Å². The maximum atomic E-state index is 14.6. The number of alkyl halides is 7. The number of carbonyl (C=O) groups excluding carboxylic acids is 2. The largest absolute Gasteiger partial charge is 0.433 e. The Morgan fingerprint density at radius 2 is 1.62 bits per heavy atom. The Bertz CT molecular complexity index is 1020. The number of carbonyl (C=O) groups is 2. The number of hydrogen-bond donors (Lipinski definition) is 0. The number of urea groups is 1. The number of halogens is 7. The van der Waals surface area contributed by atoms with Crippen LogP contribution in [-0.4, -0.2) is 52.0 Å². The molecular weight excluding hydrogens is 473 g/mol. The van der Waals surface area contributed by atoms with Crippen molar-refractivity contribution in [2.24, 2.45) is 0 Å². The molecule has 0 aliphatic carbocycles. The third-order valence-corrected chi connectivity index (χ3v) is 5.27. The fourth-order valence-electron chi connectivity index (χ4n) is 3.53. The van der Waals surface area contributed by atoms with Crippen LogP contribution in [0.1, 0.15) is 30.3 Å². The standard InChI is InChI=1S/C21H19F7N4O2/c1-2-15(22)16-11-31(13-4-6-18(30-9-13)21(26,27)28)19(34)32(16)10-14(33)7-12-3-5-17(29-8-12)20(23,24)25/h3-6,8-9,15-16H,2,7,10-11H2,1H3/t15-,16+/m0/s1. The highest BCUT2D eigenvalue weighted by atomic mass is 19.4. The zero-order valence-electron chi connectivity index (χ0n) is 17.7. The van der Waals surface area contributed by atoms with Gasteiger partial charge in [0.2, 0.25) is 0 Å². The molecule has 0 radical (unpaired) electrons. The van der Waals surface area contributed by atoms with Gasteiger partial charge in [-0.05, 0) is 30.2 Å². The van der Waals surface area contributed by atoms with E-state index in [1.54, 1.807) is 0 Å². The molecule has 1 fully saturated rings. The Hall–Kier alpha value is -3.25. The van der Waals surface area contributed by atoms with Gasteiger partial charge in [0, 0.05) is 12.6 Å². The molecule has 2 atom stereocenters. The van der Waals surface area contributed by atoms with Crippen LogP contribution in [0.2, 0.25) is 0 Å². The lowest BCUT2D eigenvalue weighted by Gasteiger charge is -2.24. The third kappa shape index (κ3) is 5.62. The first-order valence-corrected chi connectivity index (χ1v) is 10.1. The highest BCUT2D eigenvalue weighted by molar-refractivity contribution is 5.97. The molecule has 2 aromatic rings. The number of amides is 2. The van der Waals surface area contributed by atoms with Crippen LogP contribution in [-0.2, 0) is 23.6 Å². The number of rotatable bonds is 7. The molecule has 3 rings (SSSR count). The van der Waals surface area contributed by atoms with Crippen LogP contribution in [0.25, 0.3) is 0 Å². The highest BCUT2D eigenvalue weighted by Gasteiger charge is 2.43. The monoisotopic (exact) mass is 492 g/mol. The predicted octanol–water partition coefficient (Wildman–Crippen LogP) is 4.68. The van der Waals surface area contributed by atoms with Crippen molar-refractivity contribution in [1.29, 1.82) is 0 Å². The zero-order chi connectivity index (χ0) is 25.3. The summed E-state index contributed by atoms with van der Waals surface area (Å²) in [6, 6.07) is 1.69. The maximum absolute atomic E-state index is 14.6. The minimum Gasteiger partial charge on any atom is -0.309 e. The van der Waals surface area contributed by atoms with Gasteiger partial charge in [-0.15, -0.1) is 0 Å². The van der Waals surface area contributed by atoms with E-state index in [1.807, 2.05) is 0 Å². The Morgan fingerprint density at radius 1 is 1.03 bits per heavy atom. The van der Waals surface area contributed by atoms with E-state index in [-0.39, 0.29) is 30.6 Å². The minimum atomic E-state index is -4.67. The number of nitrogens with zero attached hydrogens (tertiary/aromatic N) is 4. The van der Waals surface area contributed by atoms with E-state index < -0.39 is 54.3 Å². The molecule has 0 N–H and O–H groups in total. The first-order chi connectivity index (χ1) is 15.8. The Morgan fingerprint density at radius 3 is 2.09 bits per heavy atom. The lowest BCUT2D eigenvalue weighted by molar-refractivity contribution is -0.142. The van der Waals surface area contributed by atoms with Crippen molar-refractivity contribution < 1.29 is 40.3 Å². The average Bonchev–Trinajstić information content (AvgIpc) is 3.08. The summed E-state index contributed by atoms with van der Waals surface area (Å²) in [5.41, 5.74) is -2.10. The molecule has 0 saturated carbocycles. The van der Waals surface area contributed by atoms with E-state index in [1.165, 1.54) is 6.92 Å². The van der Waals surface area contributed by atoms with Gasteiger partial charge in [0.25, 0.3) is 0 Å². The number of aromatic nitrogens is 2. The van der Waals surface area contributed by atoms with Gasteiger partial charge in [-0.25, -0.2) is 14.2 Å². The summed E-state index contributed by atoms with van der Waals surface area (Å²) in [5.74, 6) is -0.574. The predicted molar refractivity (Wildman–Crippen MR) is 106 cm³/mol. The molecule has 0 bridgehead atoms. The number of ketones is 1. The summed E-state index contributed by atoms with van der Waals surface area (Å²) < 4.78 is 90.7. The van der Waals surface area contributed by atoms with Crippen LogP contribution >= 0.6 is 0 Å². The lowest BCUT2D eigenvalue weighted by Crippen LogP contribution is -2.43. The van der Waals surface area contributed by atoms with Crippen LogP contribution in [0.4, 0.5) is 41.2 Å². The molecule has 0 aromatic carbocycles. The molecule has 1 aliphatic rings. The van der Waals surface area contributed by atoms with Gasteiger partial charge in [-0.3, -0.25) is 14.7 Å². The number of anilines is 1. The first-order valence-electron chi connectivity index (χ1n) is 10.1. The van der Waals surface area contributed by atoms with E-state index in [4.69, 9.17) is 0 Å². The van der Waals surface area contributed by atoms with Crippen molar-refractivity contribution in [2.75, 3.05) is 18.0 Å². The van der Waals surface area contributed by atoms with Crippen LogP contribution in [0, 0.1) is 0 Å². The second kappa shape index (κ2) is 9.55. The van der Waals surface area contributed by atoms with Gasteiger partial charge in [0.1, 0.15) is 17.6 Å². The summed E-state index contributed by atoms with van der Waals surface area (Å²) in [5, 5.41) is 0. The Kier molecular flexibility index (Phi) is 7.13. The van der Waals surface area contributed by atoms with Crippen molar-refractivity contribution in [1.82, 2.24) is 14.9 Å². The van der Waals surface area contributed by atoms with Crippen LogP contribution in [0.15, 0.2) is 36.7 Å². The lowest BCUT2D eigenvalue weighted by atomic mass is 10.1. The summed E-state index contributed by atoms with van der Waals surface area (Å²) in [7, 11) is 0. The number of pyridine rings is 2. The van der Waals surface area contributed by atoms with E-state index in [0.717, 1.165) is 40.4 Å². The van der Waals surface area contributed by atoms with Gasteiger partial charge in [0.15, 0.2) is 5.78 Å². The second-order valence-corrected chi connectivity index (χ2v) is 7.68. The zero-order valence-corrected chi connectivity index (χ0v) is 17.7. The van der Waals surface area contributed by atoms with Gasteiger partial charge >= 0.3 is 18.4 Å². The summed E-state index contributed by atoms with van der Waals surface area (Å²) in [4.78, 5) is 34.0. The molecule has 184 valence electrons. The average molecular weight is 492 g/mol. The van der Waals surface area contributed by atoms with E-state index >= 15 is 0 Å². The van der Waals surface area contributed by atoms with E-state index in [2.05, 4.69) is 9.97 Å². The quantitative estimate of drug-likeness (QED) is 0.527. The first kappa shape index (κ1) is 25.4. The van der Waals surface area contributed by atoms with Crippen molar-refractivity contribution in [2.45, 2.75) is 44.3 Å². The molecule has 0 unspecified atom stereocenters. The maximum Gasteiger partial charge on any atom is 0.433 e. The Labute approximate surface area is 189 Å². The smallest absolute Gasteiger partial charge is 0.309 e. The third-order valence-electron chi connectivity index (χ3n) is 5.27. The molecular formula is C21H19F7N4O2. The molecule has 1 aliphatic heterocycles. The van der Waals surface area contributed by atoms with Gasteiger partial charge in [-0.1, -0.05) is 13.0 Å². The highest BCUT2D eigenvalue weighted by Crippen LogP contribution is 2.31. The van der Waals surface area contributed by atoms with E-state index in [0.29, 0.717) is 6.07 Å². The van der Waals surface area contributed by atoms with Gasteiger partial charge in [-0.2, -0.15) is 26.3 Å². The van der Waals surface area contributed by atoms with Crippen molar-refractivity contribution in [3.63, 3.8) is 0 Å². The summed E-state index contributed by atoms with van der Waals surface area (Å²) in [6.07, 6.45) is -9.41. The number of hydrogen-bond acceptors (Lipinski definition) is 4. The molecule has 6 nitrogen and oxygen atoms in total. The summed E-state index contributed by atoms with van der Waals surface area (Å²) >= 11 is 0. The van der Waals surface area contributed by atoms with Crippen molar-refractivity contribution >= 4 is 17.5 Å². The topological polar surface area (TPSA) is 66.4 Å². The minimum absolute atomic E-state index is 0.00758. The summed E-state index contributed by atoms with van der Waals surface area (Å²) in [6.45, 7) is 0.789. The second-order valence-electron chi connectivity index (χ2n) is 7.68. The van der Waals surface area contributed by atoms with Crippen LogP contribution < -0.4 is 4.90 Å². The van der Waals surface area contributed by atoms with Gasteiger partial charge < -0.3 is 4.90 Å². The van der Waals surface area contributed by atoms with Crippen molar-refractivity contribution in [3.05, 3.63) is 53.6 Å². The fourth-order valence-corrected chi connectivity index (χ4v) is 3.53. The molecule has 3 heterocycles. The molecule has 34 heavy (non-hydrogen) atoms. The molecule has 0 spiro atoms. The normalized spacial score (nSPS) is 17.9. The SMILES string of the molecule is CC[C@H](F)[C@H]1CN(c2ccc(C(F)(F)F)nc2)C(=O)N1CC(=O)Cc1ccc(C(F)(F)F)nc1. The van der Waals surface area contributed by atoms with Crippen molar-refractivity contribution in [3.8, 4) is 0 Å². The van der Waals surface area contributed by atoms with Crippen LogP contribution in [0.5, 0.6) is 0 Å². The Balaban J connectivity index is 1.75.